The van der Waals surface area contributed by atoms with Crippen LogP contribution in [0.1, 0.15) is 65.7 Å². The third-order valence-corrected chi connectivity index (χ3v) is 7.06. The minimum atomic E-state index is -0.958. The number of esters is 1. The first-order chi connectivity index (χ1) is 18.6. The Balaban J connectivity index is 1.44. The SMILES string of the molecule is C#CC[C@H](NC(=O)[C@@H]1CCCN(C(=O)CCC2CCN(C(=O)OC(C)(C)C)CC2)C1)C(=O)Oc1ccccc1. The molecule has 2 atom stereocenters. The van der Waals surface area contributed by atoms with Crippen LogP contribution in [0.3, 0.4) is 0 Å². The summed E-state index contributed by atoms with van der Waals surface area (Å²) in [6, 6.07) is 7.66. The molecule has 2 heterocycles. The molecule has 0 aliphatic carbocycles. The van der Waals surface area contributed by atoms with E-state index in [1.54, 1.807) is 34.1 Å². The monoisotopic (exact) mass is 539 g/mol. The minimum Gasteiger partial charge on any atom is -0.444 e. The van der Waals surface area contributed by atoms with Crippen molar-refractivity contribution in [1.82, 2.24) is 15.1 Å². The summed E-state index contributed by atoms with van der Waals surface area (Å²) < 4.78 is 10.8. The second-order valence-corrected chi connectivity index (χ2v) is 11.3. The molecule has 0 bridgehead atoms. The van der Waals surface area contributed by atoms with Gasteiger partial charge in [0.25, 0.3) is 0 Å². The summed E-state index contributed by atoms with van der Waals surface area (Å²) >= 11 is 0. The fourth-order valence-corrected chi connectivity index (χ4v) is 4.91. The Morgan fingerprint density at radius 1 is 1.05 bits per heavy atom. The van der Waals surface area contributed by atoms with Crippen molar-refractivity contribution in [2.24, 2.45) is 11.8 Å². The van der Waals surface area contributed by atoms with Crippen LogP contribution in [0.25, 0.3) is 0 Å². The molecule has 2 fully saturated rings. The van der Waals surface area contributed by atoms with E-state index >= 15 is 0 Å². The first-order valence-corrected chi connectivity index (χ1v) is 13.8. The molecule has 2 aliphatic rings. The lowest BCUT2D eigenvalue weighted by Gasteiger charge is -2.35. The van der Waals surface area contributed by atoms with Gasteiger partial charge in [-0.15, -0.1) is 12.3 Å². The summed E-state index contributed by atoms with van der Waals surface area (Å²) in [7, 11) is 0. The molecule has 1 aromatic rings. The molecule has 2 saturated heterocycles. The summed E-state index contributed by atoms with van der Waals surface area (Å²) in [6.45, 7) is 7.76. The van der Waals surface area contributed by atoms with Crippen molar-refractivity contribution in [1.29, 1.82) is 0 Å². The Kier molecular flexibility index (Phi) is 10.8. The average molecular weight is 540 g/mol. The van der Waals surface area contributed by atoms with Gasteiger partial charge in [-0.2, -0.15) is 0 Å². The number of amides is 3. The van der Waals surface area contributed by atoms with Crippen molar-refractivity contribution >= 4 is 23.9 Å². The lowest BCUT2D eigenvalue weighted by Crippen LogP contribution is -2.50. The van der Waals surface area contributed by atoms with Crippen LogP contribution in [0.15, 0.2) is 30.3 Å². The molecular weight excluding hydrogens is 498 g/mol. The smallest absolute Gasteiger partial charge is 0.410 e. The van der Waals surface area contributed by atoms with Gasteiger partial charge < -0.3 is 24.6 Å². The van der Waals surface area contributed by atoms with E-state index in [-0.39, 0.29) is 24.3 Å². The van der Waals surface area contributed by atoms with E-state index in [0.29, 0.717) is 57.1 Å². The van der Waals surface area contributed by atoms with Crippen molar-refractivity contribution in [3.8, 4) is 18.1 Å². The predicted molar refractivity (Wildman–Crippen MR) is 147 cm³/mol. The number of nitrogens with one attached hydrogen (secondary N) is 1. The maximum atomic E-state index is 13.0. The summed E-state index contributed by atoms with van der Waals surface area (Å²) in [6.07, 6.45) is 9.35. The molecule has 2 aliphatic heterocycles. The van der Waals surface area contributed by atoms with Crippen LogP contribution in [0, 0.1) is 24.2 Å². The molecule has 3 amide bonds. The van der Waals surface area contributed by atoms with Gasteiger partial charge in [-0.25, -0.2) is 9.59 Å². The topological polar surface area (TPSA) is 105 Å². The quantitative estimate of drug-likeness (QED) is 0.306. The average Bonchev–Trinajstić information content (AvgIpc) is 2.91. The number of nitrogens with zero attached hydrogens (tertiary/aromatic N) is 2. The lowest BCUT2D eigenvalue weighted by atomic mass is 9.91. The van der Waals surface area contributed by atoms with Crippen LogP contribution in [-0.4, -0.2) is 71.5 Å². The fourth-order valence-electron chi connectivity index (χ4n) is 4.91. The van der Waals surface area contributed by atoms with Crippen LogP contribution in [0.4, 0.5) is 4.79 Å². The van der Waals surface area contributed by atoms with Crippen molar-refractivity contribution in [3.05, 3.63) is 30.3 Å². The van der Waals surface area contributed by atoms with Gasteiger partial charge >= 0.3 is 12.1 Å². The van der Waals surface area contributed by atoms with Gasteiger partial charge in [-0.1, -0.05) is 18.2 Å². The highest BCUT2D eigenvalue weighted by atomic mass is 16.6. The fraction of sp³-hybridized carbons (Fsp3) is 0.600. The van der Waals surface area contributed by atoms with Crippen molar-refractivity contribution in [2.75, 3.05) is 26.2 Å². The number of ether oxygens (including phenoxy) is 2. The number of benzene rings is 1. The highest BCUT2D eigenvalue weighted by Gasteiger charge is 2.32. The van der Waals surface area contributed by atoms with E-state index in [2.05, 4.69) is 11.2 Å². The second kappa shape index (κ2) is 14.0. The molecule has 0 spiro atoms. The number of hydrogen-bond acceptors (Lipinski definition) is 6. The lowest BCUT2D eigenvalue weighted by molar-refractivity contribution is -0.142. The van der Waals surface area contributed by atoms with Gasteiger partial charge in [-0.3, -0.25) is 9.59 Å². The molecule has 9 heteroatoms. The molecule has 1 aromatic carbocycles. The zero-order valence-electron chi connectivity index (χ0n) is 23.3. The largest absolute Gasteiger partial charge is 0.444 e. The van der Waals surface area contributed by atoms with E-state index in [0.717, 1.165) is 19.3 Å². The molecule has 0 radical (unpaired) electrons. The summed E-state index contributed by atoms with van der Waals surface area (Å²) in [4.78, 5) is 54.4. The van der Waals surface area contributed by atoms with E-state index in [1.165, 1.54) is 0 Å². The summed E-state index contributed by atoms with van der Waals surface area (Å²) in [5, 5.41) is 2.74. The van der Waals surface area contributed by atoms with Gasteiger partial charge in [0, 0.05) is 39.0 Å². The summed E-state index contributed by atoms with van der Waals surface area (Å²) in [5.41, 5.74) is -0.517. The first kappa shape index (κ1) is 30.0. The maximum Gasteiger partial charge on any atom is 0.410 e. The van der Waals surface area contributed by atoms with Gasteiger partial charge in [0.1, 0.15) is 17.4 Å². The predicted octanol–water partition coefficient (Wildman–Crippen LogP) is 3.77. The highest BCUT2D eigenvalue weighted by molar-refractivity contribution is 5.87. The third kappa shape index (κ3) is 9.61. The number of piperidine rings is 2. The Bertz CT molecular complexity index is 1040. The molecule has 3 rings (SSSR count). The Labute approximate surface area is 231 Å². The van der Waals surface area contributed by atoms with E-state index < -0.39 is 23.5 Å². The molecule has 0 unspecified atom stereocenters. The van der Waals surface area contributed by atoms with Crippen LogP contribution < -0.4 is 10.1 Å². The van der Waals surface area contributed by atoms with Gasteiger partial charge in [0.2, 0.25) is 11.8 Å². The van der Waals surface area contributed by atoms with E-state index in [1.807, 2.05) is 26.8 Å². The molecular formula is C30H41N3O6. The standard InChI is InChI=1S/C30H41N3O6/c1-5-10-25(28(36)38-24-12-7-6-8-13-24)31-27(35)23-11-9-18-33(21-23)26(34)15-14-22-16-19-32(20-17-22)29(37)39-30(2,3)4/h1,6-8,12-13,22-23,25H,9-11,14-21H2,2-4H3,(H,31,35)/t23-,25+/m1/s1. The molecule has 1 N–H and O–H groups in total. The molecule has 9 nitrogen and oxygen atoms in total. The van der Waals surface area contributed by atoms with Crippen LogP contribution in [0.5, 0.6) is 5.75 Å². The highest BCUT2D eigenvalue weighted by Crippen LogP contribution is 2.25. The number of likely N-dealkylation sites (tertiary alicyclic amines) is 2. The van der Waals surface area contributed by atoms with E-state index in [9.17, 15) is 19.2 Å². The molecule has 0 saturated carbocycles. The van der Waals surface area contributed by atoms with Gasteiger partial charge in [-0.05, 0) is 70.9 Å². The Morgan fingerprint density at radius 2 is 1.74 bits per heavy atom. The van der Waals surface area contributed by atoms with Crippen molar-refractivity contribution in [2.45, 2.75) is 77.4 Å². The van der Waals surface area contributed by atoms with Gasteiger partial charge in [0.05, 0.1) is 5.92 Å². The zero-order valence-corrected chi connectivity index (χ0v) is 23.3. The van der Waals surface area contributed by atoms with Crippen molar-refractivity contribution in [3.63, 3.8) is 0 Å². The zero-order chi connectivity index (χ0) is 28.4. The number of terminal acetylenes is 1. The summed E-state index contributed by atoms with van der Waals surface area (Å²) in [5.74, 6) is 1.88. The third-order valence-electron chi connectivity index (χ3n) is 7.06. The number of carbonyl (C=O) groups is 4. The number of carbonyl (C=O) groups excluding carboxylic acids is 4. The molecule has 212 valence electrons. The normalized spacial score (nSPS) is 19.0. The number of hydrogen-bond donors (Lipinski definition) is 1. The minimum absolute atomic E-state index is 0.0134. The van der Waals surface area contributed by atoms with Crippen LogP contribution >= 0.6 is 0 Å². The van der Waals surface area contributed by atoms with Crippen LogP contribution in [-0.2, 0) is 19.1 Å². The Morgan fingerprint density at radius 3 is 2.38 bits per heavy atom. The molecule has 39 heavy (non-hydrogen) atoms. The van der Waals surface area contributed by atoms with E-state index in [4.69, 9.17) is 15.9 Å². The van der Waals surface area contributed by atoms with Gasteiger partial charge in [0.15, 0.2) is 0 Å². The number of para-hydroxylation sites is 1. The second-order valence-electron chi connectivity index (χ2n) is 11.3. The first-order valence-electron chi connectivity index (χ1n) is 13.8. The number of rotatable bonds is 8. The maximum absolute atomic E-state index is 13.0. The Hall–Kier alpha value is -3.54. The van der Waals surface area contributed by atoms with Crippen LogP contribution in [0.2, 0.25) is 0 Å². The molecule has 0 aromatic heterocycles. The van der Waals surface area contributed by atoms with Crippen molar-refractivity contribution < 1.29 is 28.7 Å².